The van der Waals surface area contributed by atoms with E-state index in [-0.39, 0.29) is 28.6 Å². The highest BCUT2D eigenvalue weighted by molar-refractivity contribution is 8.01. The number of hydrogen-bond acceptors (Lipinski definition) is 4. The van der Waals surface area contributed by atoms with Gasteiger partial charge in [0.1, 0.15) is 5.82 Å². The third-order valence-corrected chi connectivity index (χ3v) is 3.71. The maximum atomic E-state index is 12.7. The van der Waals surface area contributed by atoms with Crippen molar-refractivity contribution in [2.45, 2.75) is 12.2 Å². The van der Waals surface area contributed by atoms with Crippen LogP contribution in [0.2, 0.25) is 0 Å². The Morgan fingerprint density at radius 1 is 1.33 bits per heavy atom. The van der Waals surface area contributed by atoms with Crippen molar-refractivity contribution in [2.75, 3.05) is 31.3 Å². The predicted octanol–water partition coefficient (Wildman–Crippen LogP) is 1.65. The lowest BCUT2D eigenvalue weighted by Gasteiger charge is -2.11. The third kappa shape index (κ3) is 7.10. The van der Waals surface area contributed by atoms with Gasteiger partial charge < -0.3 is 15.4 Å². The van der Waals surface area contributed by atoms with Gasteiger partial charge in [-0.05, 0) is 31.2 Å². The Balaban J connectivity index is 2.28. The highest BCUT2D eigenvalue weighted by Gasteiger charge is 2.14. The second-order valence-electron chi connectivity index (χ2n) is 4.29. The first kappa shape index (κ1) is 17.5. The van der Waals surface area contributed by atoms with Crippen molar-refractivity contribution >= 4 is 29.3 Å². The van der Waals surface area contributed by atoms with Crippen LogP contribution in [0.4, 0.5) is 10.1 Å². The number of nitrogens with one attached hydrogen (secondary N) is 2. The zero-order chi connectivity index (χ0) is 15.7. The molecule has 1 aromatic rings. The summed E-state index contributed by atoms with van der Waals surface area (Å²) >= 11 is 1.23. The molecule has 0 aromatic heterocycles. The maximum absolute atomic E-state index is 12.7. The van der Waals surface area contributed by atoms with Crippen LogP contribution in [0, 0.1) is 5.82 Å². The van der Waals surface area contributed by atoms with Crippen LogP contribution < -0.4 is 10.6 Å². The summed E-state index contributed by atoms with van der Waals surface area (Å²) in [6.07, 6.45) is 0. The topological polar surface area (TPSA) is 67.4 Å². The fourth-order valence-electron chi connectivity index (χ4n) is 1.43. The second-order valence-corrected chi connectivity index (χ2v) is 5.62. The molecule has 1 rings (SSSR count). The van der Waals surface area contributed by atoms with E-state index in [9.17, 15) is 14.0 Å². The molecule has 0 saturated heterocycles. The molecule has 2 amide bonds. The fourth-order valence-corrected chi connectivity index (χ4v) is 2.13. The van der Waals surface area contributed by atoms with Crippen LogP contribution in [-0.4, -0.2) is 43.1 Å². The lowest BCUT2D eigenvalue weighted by Crippen LogP contribution is -2.34. The van der Waals surface area contributed by atoms with Gasteiger partial charge in [0.2, 0.25) is 11.8 Å². The minimum Gasteiger partial charge on any atom is -0.383 e. The van der Waals surface area contributed by atoms with E-state index < -0.39 is 0 Å². The molecule has 0 spiro atoms. The Bertz CT molecular complexity index is 468. The number of thioether (sulfide) groups is 1. The predicted molar refractivity (Wildman–Crippen MR) is 81.8 cm³/mol. The Kier molecular flexibility index (Phi) is 7.78. The molecular weight excluding hydrogens is 295 g/mol. The molecule has 2 N–H and O–H groups in total. The van der Waals surface area contributed by atoms with Crippen molar-refractivity contribution < 1.29 is 18.7 Å². The molecule has 0 fully saturated rings. The summed E-state index contributed by atoms with van der Waals surface area (Å²) in [5.74, 6) is -0.575. The molecule has 0 radical (unpaired) electrons. The van der Waals surface area contributed by atoms with Gasteiger partial charge in [-0.25, -0.2) is 4.39 Å². The van der Waals surface area contributed by atoms with Gasteiger partial charge >= 0.3 is 0 Å². The SMILES string of the molecule is COCCNC(=O)C(C)SCC(=O)Nc1ccc(F)cc1. The summed E-state index contributed by atoms with van der Waals surface area (Å²) in [4.78, 5) is 23.4. The van der Waals surface area contributed by atoms with E-state index in [4.69, 9.17) is 4.74 Å². The van der Waals surface area contributed by atoms with Gasteiger partial charge in [0, 0.05) is 19.3 Å². The standard InChI is InChI=1S/C14H19FN2O3S/c1-10(14(19)16-7-8-20-2)21-9-13(18)17-12-5-3-11(15)4-6-12/h3-6,10H,7-9H2,1-2H3,(H,16,19)(H,17,18). The molecule has 1 unspecified atom stereocenters. The van der Waals surface area contributed by atoms with Crippen molar-refractivity contribution in [3.8, 4) is 0 Å². The number of methoxy groups -OCH3 is 1. The number of amides is 2. The molecular formula is C14H19FN2O3S. The van der Waals surface area contributed by atoms with E-state index in [1.807, 2.05) is 0 Å². The van der Waals surface area contributed by atoms with Crippen LogP contribution in [-0.2, 0) is 14.3 Å². The monoisotopic (exact) mass is 314 g/mol. The summed E-state index contributed by atoms with van der Waals surface area (Å²) in [6.45, 7) is 2.63. The first-order valence-corrected chi connectivity index (χ1v) is 7.51. The van der Waals surface area contributed by atoms with Crippen molar-refractivity contribution in [1.29, 1.82) is 0 Å². The molecule has 116 valence electrons. The van der Waals surface area contributed by atoms with Crippen molar-refractivity contribution in [3.05, 3.63) is 30.1 Å². The van der Waals surface area contributed by atoms with Crippen LogP contribution in [0.1, 0.15) is 6.92 Å². The molecule has 0 aliphatic heterocycles. The lowest BCUT2D eigenvalue weighted by atomic mass is 10.3. The number of benzene rings is 1. The van der Waals surface area contributed by atoms with Gasteiger partial charge in [-0.2, -0.15) is 0 Å². The Labute approximate surface area is 127 Å². The molecule has 1 aromatic carbocycles. The largest absolute Gasteiger partial charge is 0.383 e. The molecule has 0 saturated carbocycles. The number of halogens is 1. The molecule has 0 aliphatic carbocycles. The number of hydrogen-bond donors (Lipinski definition) is 2. The maximum Gasteiger partial charge on any atom is 0.234 e. The Morgan fingerprint density at radius 2 is 2.00 bits per heavy atom. The minimum atomic E-state index is -0.358. The van der Waals surface area contributed by atoms with Gasteiger partial charge in [0.05, 0.1) is 17.6 Å². The second kappa shape index (κ2) is 9.36. The number of anilines is 1. The minimum absolute atomic E-state index is 0.133. The molecule has 7 heteroatoms. The van der Waals surface area contributed by atoms with E-state index >= 15 is 0 Å². The summed E-state index contributed by atoms with van der Waals surface area (Å²) in [5.41, 5.74) is 0.527. The van der Waals surface area contributed by atoms with E-state index in [0.29, 0.717) is 18.8 Å². The number of carbonyl (C=O) groups is 2. The Hall–Kier alpha value is -1.60. The highest BCUT2D eigenvalue weighted by atomic mass is 32.2. The molecule has 5 nitrogen and oxygen atoms in total. The van der Waals surface area contributed by atoms with E-state index in [2.05, 4.69) is 10.6 Å². The summed E-state index contributed by atoms with van der Waals surface area (Å²) < 4.78 is 17.6. The van der Waals surface area contributed by atoms with Gasteiger partial charge in [-0.3, -0.25) is 9.59 Å². The van der Waals surface area contributed by atoms with Crippen LogP contribution in [0.5, 0.6) is 0 Å². The molecule has 0 aliphatic rings. The van der Waals surface area contributed by atoms with Gasteiger partial charge in [0.15, 0.2) is 0 Å². The van der Waals surface area contributed by atoms with Crippen molar-refractivity contribution in [1.82, 2.24) is 5.32 Å². The van der Waals surface area contributed by atoms with Crippen LogP contribution in [0.3, 0.4) is 0 Å². The zero-order valence-corrected chi connectivity index (χ0v) is 12.8. The highest BCUT2D eigenvalue weighted by Crippen LogP contribution is 2.13. The molecule has 1 atom stereocenters. The third-order valence-electron chi connectivity index (χ3n) is 2.57. The summed E-state index contributed by atoms with van der Waals surface area (Å²) in [5, 5.41) is 5.01. The molecule has 21 heavy (non-hydrogen) atoms. The zero-order valence-electron chi connectivity index (χ0n) is 12.0. The average molecular weight is 314 g/mol. The van der Waals surface area contributed by atoms with Gasteiger partial charge in [0.25, 0.3) is 0 Å². The van der Waals surface area contributed by atoms with Gasteiger partial charge in [-0.1, -0.05) is 0 Å². The first-order chi connectivity index (χ1) is 10.0. The van der Waals surface area contributed by atoms with E-state index in [0.717, 1.165) is 0 Å². The lowest BCUT2D eigenvalue weighted by molar-refractivity contribution is -0.120. The average Bonchev–Trinajstić information content (AvgIpc) is 2.47. The smallest absolute Gasteiger partial charge is 0.234 e. The van der Waals surface area contributed by atoms with Crippen LogP contribution in [0.15, 0.2) is 24.3 Å². The number of carbonyl (C=O) groups excluding carboxylic acids is 2. The van der Waals surface area contributed by atoms with Gasteiger partial charge in [-0.15, -0.1) is 11.8 Å². The number of rotatable bonds is 8. The molecule has 0 bridgehead atoms. The first-order valence-electron chi connectivity index (χ1n) is 6.46. The fraction of sp³-hybridized carbons (Fsp3) is 0.429. The van der Waals surface area contributed by atoms with Crippen molar-refractivity contribution in [3.63, 3.8) is 0 Å². The number of ether oxygens (including phenoxy) is 1. The summed E-state index contributed by atoms with van der Waals surface area (Å²) in [7, 11) is 1.56. The van der Waals surface area contributed by atoms with Crippen LogP contribution in [0.25, 0.3) is 0 Å². The van der Waals surface area contributed by atoms with E-state index in [1.165, 1.54) is 36.0 Å². The normalized spacial score (nSPS) is 11.8. The Morgan fingerprint density at radius 3 is 2.62 bits per heavy atom. The van der Waals surface area contributed by atoms with Crippen molar-refractivity contribution in [2.24, 2.45) is 0 Å². The quantitative estimate of drug-likeness (QED) is 0.716. The summed E-state index contributed by atoms with van der Waals surface area (Å²) in [6, 6.07) is 5.51. The van der Waals surface area contributed by atoms with Crippen LogP contribution >= 0.6 is 11.8 Å². The molecule has 0 heterocycles. The van der Waals surface area contributed by atoms with E-state index in [1.54, 1.807) is 14.0 Å².